The molecule has 0 atom stereocenters. The number of anilines is 4. The fraction of sp³-hybridized carbons (Fsp3) is 0.259. The highest BCUT2D eigenvalue weighted by molar-refractivity contribution is 6.04. The lowest BCUT2D eigenvalue weighted by atomic mass is 10.1. The molecule has 198 valence electrons. The van der Waals surface area contributed by atoms with Crippen molar-refractivity contribution in [2.45, 2.75) is 0 Å². The van der Waals surface area contributed by atoms with Gasteiger partial charge in [-0.25, -0.2) is 14.4 Å². The summed E-state index contributed by atoms with van der Waals surface area (Å²) >= 11 is 0. The van der Waals surface area contributed by atoms with E-state index in [0.717, 1.165) is 28.7 Å². The van der Waals surface area contributed by atoms with Gasteiger partial charge in [-0.05, 0) is 32.3 Å². The molecular formula is C27H31FN8O2. The van der Waals surface area contributed by atoms with Crippen molar-refractivity contribution in [1.29, 1.82) is 0 Å². The summed E-state index contributed by atoms with van der Waals surface area (Å²) in [5.41, 5.74) is 3.46. The molecule has 10 nitrogen and oxygen atoms in total. The minimum atomic E-state index is -1.11. The van der Waals surface area contributed by atoms with Crippen molar-refractivity contribution in [2.75, 3.05) is 56.9 Å². The van der Waals surface area contributed by atoms with Crippen LogP contribution in [0.25, 0.3) is 22.2 Å². The summed E-state index contributed by atoms with van der Waals surface area (Å²) < 4.78 is 21.2. The van der Waals surface area contributed by atoms with E-state index in [9.17, 15) is 9.18 Å². The van der Waals surface area contributed by atoms with Crippen molar-refractivity contribution in [3.05, 3.63) is 61.2 Å². The lowest BCUT2D eigenvalue weighted by Gasteiger charge is -2.24. The van der Waals surface area contributed by atoms with E-state index in [0.29, 0.717) is 24.0 Å². The number of hydrogen-bond donors (Lipinski definition) is 2. The highest BCUT2D eigenvalue weighted by Crippen LogP contribution is 2.35. The zero-order valence-corrected chi connectivity index (χ0v) is 22.1. The first kappa shape index (κ1) is 26.6. The molecule has 0 unspecified atom stereocenters. The number of halogens is 1. The number of methoxy groups -OCH3 is 1. The van der Waals surface area contributed by atoms with E-state index in [1.165, 1.54) is 7.11 Å². The fourth-order valence-corrected chi connectivity index (χ4v) is 4.00. The molecule has 4 aromatic rings. The van der Waals surface area contributed by atoms with E-state index >= 15 is 0 Å². The maximum Gasteiger partial charge on any atom is 0.283 e. The number of aromatic nitrogens is 4. The van der Waals surface area contributed by atoms with Gasteiger partial charge in [0.05, 0.1) is 18.5 Å². The molecule has 1 amide bonds. The second kappa shape index (κ2) is 11.3. The summed E-state index contributed by atoms with van der Waals surface area (Å²) in [5.74, 6) is -1.10. The van der Waals surface area contributed by atoms with Crippen molar-refractivity contribution >= 4 is 40.0 Å². The van der Waals surface area contributed by atoms with Gasteiger partial charge in [-0.15, -0.1) is 0 Å². The molecule has 0 aliphatic heterocycles. The monoisotopic (exact) mass is 518 g/mol. The maximum atomic E-state index is 13.6. The third kappa shape index (κ3) is 5.73. The van der Waals surface area contributed by atoms with Crippen LogP contribution in [-0.2, 0) is 11.8 Å². The third-order valence-electron chi connectivity index (χ3n) is 5.97. The number of para-hydroxylation sites is 1. The van der Waals surface area contributed by atoms with Gasteiger partial charge in [0.2, 0.25) is 11.8 Å². The molecule has 0 radical (unpaired) electrons. The lowest BCUT2D eigenvalue weighted by Crippen LogP contribution is -2.30. The Hall–Kier alpha value is -4.51. The number of benzene rings is 1. The predicted molar refractivity (Wildman–Crippen MR) is 149 cm³/mol. The molecule has 3 aromatic heterocycles. The number of aryl methyl sites for hydroxylation is 1. The van der Waals surface area contributed by atoms with Crippen LogP contribution in [0.2, 0.25) is 0 Å². The number of hydrogen-bond acceptors (Lipinski definition) is 8. The number of amides is 1. The van der Waals surface area contributed by atoms with Crippen LogP contribution >= 0.6 is 0 Å². The molecule has 0 aliphatic rings. The molecule has 0 bridgehead atoms. The second-order valence-electron chi connectivity index (χ2n) is 9.06. The van der Waals surface area contributed by atoms with Gasteiger partial charge < -0.3 is 29.7 Å². The number of fused-ring (bicyclic) bond motifs is 1. The minimum absolute atomic E-state index is 0.257. The number of nitrogens with zero attached hydrogens (tertiary/aromatic N) is 6. The molecule has 0 saturated heterocycles. The van der Waals surface area contributed by atoms with Gasteiger partial charge in [0.1, 0.15) is 5.69 Å². The van der Waals surface area contributed by atoms with Gasteiger partial charge in [-0.2, -0.15) is 4.98 Å². The van der Waals surface area contributed by atoms with Crippen molar-refractivity contribution in [1.82, 2.24) is 24.4 Å². The Balaban J connectivity index is 1.72. The Morgan fingerprint density at radius 2 is 1.89 bits per heavy atom. The zero-order valence-electron chi connectivity index (χ0n) is 22.1. The Morgan fingerprint density at radius 3 is 2.61 bits per heavy atom. The van der Waals surface area contributed by atoms with E-state index in [1.54, 1.807) is 12.3 Å². The quantitative estimate of drug-likeness (QED) is 0.301. The first-order chi connectivity index (χ1) is 18.2. The zero-order chi connectivity index (χ0) is 27.4. The predicted octanol–water partition coefficient (Wildman–Crippen LogP) is 4.20. The van der Waals surface area contributed by atoms with Crippen LogP contribution in [0.4, 0.5) is 27.5 Å². The average molecular weight is 519 g/mol. The molecule has 0 fully saturated rings. The average Bonchev–Trinajstić information content (AvgIpc) is 3.24. The summed E-state index contributed by atoms with van der Waals surface area (Å²) in [6.07, 6.45) is 3.68. The molecule has 1 aromatic carbocycles. The van der Waals surface area contributed by atoms with Gasteiger partial charge in [-0.1, -0.05) is 24.8 Å². The fourth-order valence-electron chi connectivity index (χ4n) is 4.00. The largest absolute Gasteiger partial charge is 0.479 e. The van der Waals surface area contributed by atoms with Gasteiger partial charge >= 0.3 is 0 Å². The molecule has 4 rings (SSSR count). The summed E-state index contributed by atoms with van der Waals surface area (Å²) in [6, 6.07) is 11.5. The number of ether oxygens (including phenoxy) is 1. The highest BCUT2D eigenvalue weighted by atomic mass is 19.1. The Morgan fingerprint density at radius 1 is 1.13 bits per heavy atom. The van der Waals surface area contributed by atoms with Crippen LogP contribution in [0, 0.1) is 0 Å². The second-order valence-corrected chi connectivity index (χ2v) is 9.06. The molecule has 0 aliphatic carbocycles. The third-order valence-corrected chi connectivity index (χ3v) is 5.97. The van der Waals surface area contributed by atoms with E-state index in [-0.39, 0.29) is 11.6 Å². The van der Waals surface area contributed by atoms with Crippen molar-refractivity contribution in [3.8, 4) is 17.1 Å². The standard InChI is InChI=1S/C27H31FN8O2/c1-17(28)25(37)30-21-15-22(26(38-6)33-24(21)35(4)14-13-34(2)3)32-27-29-12-11-20(31-27)19-16-36(5)23-10-8-7-9-18(19)23/h7-12,15-16H,1,13-14H2,2-6H3,(H,30,37)(H,29,31,32). The number of nitrogens with one attached hydrogen (secondary N) is 2. The highest BCUT2D eigenvalue weighted by Gasteiger charge is 2.20. The van der Waals surface area contributed by atoms with E-state index in [4.69, 9.17) is 9.72 Å². The van der Waals surface area contributed by atoms with Gasteiger partial charge in [0, 0.05) is 56.0 Å². The van der Waals surface area contributed by atoms with Gasteiger partial charge in [-0.3, -0.25) is 4.79 Å². The van der Waals surface area contributed by atoms with Crippen LogP contribution < -0.4 is 20.3 Å². The van der Waals surface area contributed by atoms with Crippen LogP contribution in [0.3, 0.4) is 0 Å². The van der Waals surface area contributed by atoms with Crippen LogP contribution in [0.1, 0.15) is 0 Å². The Bertz CT molecular complexity index is 1480. The Kier molecular flexibility index (Phi) is 7.87. The van der Waals surface area contributed by atoms with Gasteiger partial charge in [0.15, 0.2) is 11.6 Å². The number of likely N-dealkylation sites (N-methyl/N-ethyl adjacent to an activating group) is 2. The number of carbonyl (C=O) groups excluding carboxylic acids is 1. The molecule has 11 heteroatoms. The van der Waals surface area contributed by atoms with Crippen LogP contribution in [0.15, 0.2) is 61.2 Å². The number of carbonyl (C=O) groups is 1. The topological polar surface area (TPSA) is 100 Å². The number of rotatable bonds is 10. The van der Waals surface area contributed by atoms with Crippen LogP contribution in [0.5, 0.6) is 5.88 Å². The maximum absolute atomic E-state index is 13.6. The molecule has 2 N–H and O–H groups in total. The van der Waals surface area contributed by atoms with Crippen LogP contribution in [-0.4, -0.2) is 71.7 Å². The van der Waals surface area contributed by atoms with E-state index < -0.39 is 11.7 Å². The SMILES string of the molecule is C=C(F)C(=O)Nc1cc(Nc2nccc(-c3cn(C)c4ccccc34)n2)c(OC)nc1N(C)CCN(C)C. The summed E-state index contributed by atoms with van der Waals surface area (Å²) in [4.78, 5) is 29.7. The van der Waals surface area contributed by atoms with Crippen molar-refractivity contribution < 1.29 is 13.9 Å². The molecule has 0 saturated carbocycles. The van der Waals surface area contributed by atoms with Crippen molar-refractivity contribution in [3.63, 3.8) is 0 Å². The Labute approximate surface area is 220 Å². The van der Waals surface area contributed by atoms with Gasteiger partial charge in [0.25, 0.3) is 5.91 Å². The van der Waals surface area contributed by atoms with E-state index in [2.05, 4.69) is 33.2 Å². The van der Waals surface area contributed by atoms with E-state index in [1.807, 2.05) is 73.0 Å². The molecule has 3 heterocycles. The molecular weight excluding hydrogens is 487 g/mol. The molecule has 38 heavy (non-hydrogen) atoms. The first-order valence-electron chi connectivity index (χ1n) is 11.9. The summed E-state index contributed by atoms with van der Waals surface area (Å²) in [7, 11) is 9.22. The molecule has 0 spiro atoms. The first-order valence-corrected chi connectivity index (χ1v) is 11.9. The minimum Gasteiger partial charge on any atom is -0.479 e. The normalized spacial score (nSPS) is 11.0. The number of pyridine rings is 1. The van der Waals surface area contributed by atoms with Crippen molar-refractivity contribution in [2.24, 2.45) is 7.05 Å². The lowest BCUT2D eigenvalue weighted by molar-refractivity contribution is -0.114. The smallest absolute Gasteiger partial charge is 0.283 e. The summed E-state index contributed by atoms with van der Waals surface area (Å²) in [6.45, 7) is 4.43. The summed E-state index contributed by atoms with van der Waals surface area (Å²) in [5, 5.41) is 6.75.